The SMILES string of the molecule is NCc1cn([C@@H]2O[C@H](CO)C(O)[C@@H]2O)c(=S)[nH]c1=O. The fourth-order valence-electron chi connectivity index (χ4n) is 1.97. The zero-order valence-electron chi connectivity index (χ0n) is 9.89. The summed E-state index contributed by atoms with van der Waals surface area (Å²) in [6.45, 7) is -0.436. The van der Waals surface area contributed by atoms with Crippen molar-refractivity contribution in [3.63, 3.8) is 0 Å². The van der Waals surface area contributed by atoms with Crippen LogP contribution in [0, 0.1) is 4.77 Å². The molecule has 0 saturated carbocycles. The molecule has 0 radical (unpaired) electrons. The monoisotopic (exact) mass is 289 g/mol. The molecule has 1 saturated heterocycles. The fraction of sp³-hybridized carbons (Fsp3) is 0.600. The molecule has 1 aromatic heterocycles. The molecule has 2 heterocycles. The quantitative estimate of drug-likeness (QED) is 0.405. The molecule has 0 spiro atoms. The summed E-state index contributed by atoms with van der Waals surface area (Å²) in [5.41, 5.74) is 5.29. The molecule has 6 N–H and O–H groups in total. The van der Waals surface area contributed by atoms with Gasteiger partial charge in [0.2, 0.25) is 0 Å². The number of aromatic amines is 1. The Bertz CT molecular complexity index is 571. The number of ether oxygens (including phenoxy) is 1. The van der Waals surface area contributed by atoms with Crippen molar-refractivity contribution in [1.29, 1.82) is 0 Å². The van der Waals surface area contributed by atoms with E-state index < -0.39 is 36.7 Å². The fourth-order valence-corrected chi connectivity index (χ4v) is 2.22. The van der Waals surface area contributed by atoms with Crippen LogP contribution in [-0.4, -0.2) is 49.8 Å². The van der Waals surface area contributed by atoms with Crippen LogP contribution in [0.2, 0.25) is 0 Å². The van der Waals surface area contributed by atoms with Crippen molar-refractivity contribution in [3.05, 3.63) is 26.9 Å². The molecule has 1 aliphatic rings. The third kappa shape index (κ3) is 2.48. The number of aliphatic hydroxyl groups is 3. The minimum absolute atomic E-state index is 0.000254. The minimum Gasteiger partial charge on any atom is -0.394 e. The van der Waals surface area contributed by atoms with E-state index in [1.807, 2.05) is 0 Å². The Kier molecular flexibility index (Phi) is 4.13. The third-order valence-electron chi connectivity index (χ3n) is 3.05. The molecular formula is C10H15N3O5S. The van der Waals surface area contributed by atoms with E-state index in [0.717, 1.165) is 0 Å². The first-order valence-corrected chi connectivity index (χ1v) is 6.07. The standard InChI is InChI=1S/C10H15N3O5S/c11-1-4-2-13(10(19)12-8(4)17)9-7(16)6(15)5(3-14)18-9/h2,5-7,9,14-16H,1,3,11H2,(H,12,17,19)/t5-,6?,7+,9-/m1/s1. The van der Waals surface area contributed by atoms with Crippen LogP contribution in [-0.2, 0) is 11.3 Å². The Morgan fingerprint density at radius 3 is 2.68 bits per heavy atom. The predicted octanol–water partition coefficient (Wildman–Crippen LogP) is -2.02. The van der Waals surface area contributed by atoms with Gasteiger partial charge in [0.15, 0.2) is 11.0 Å². The van der Waals surface area contributed by atoms with Crippen molar-refractivity contribution in [2.45, 2.75) is 31.1 Å². The summed E-state index contributed by atoms with van der Waals surface area (Å²) >= 11 is 4.98. The van der Waals surface area contributed by atoms with Gasteiger partial charge in [-0.15, -0.1) is 0 Å². The van der Waals surface area contributed by atoms with Crippen LogP contribution in [0.25, 0.3) is 0 Å². The first-order valence-electron chi connectivity index (χ1n) is 5.66. The summed E-state index contributed by atoms with van der Waals surface area (Å²) in [7, 11) is 0. The van der Waals surface area contributed by atoms with Gasteiger partial charge in [-0.3, -0.25) is 14.3 Å². The Balaban J connectivity index is 2.43. The van der Waals surface area contributed by atoms with Crippen LogP contribution in [0.15, 0.2) is 11.0 Å². The van der Waals surface area contributed by atoms with Crippen LogP contribution in [0.5, 0.6) is 0 Å². The summed E-state index contributed by atoms with van der Waals surface area (Å²) in [6.07, 6.45) is -3.01. The lowest BCUT2D eigenvalue weighted by atomic mass is 10.1. The average Bonchev–Trinajstić information content (AvgIpc) is 2.67. The molecule has 0 aromatic carbocycles. The number of rotatable bonds is 3. The number of nitrogens with one attached hydrogen (secondary N) is 1. The van der Waals surface area contributed by atoms with Crippen LogP contribution < -0.4 is 11.3 Å². The van der Waals surface area contributed by atoms with Crippen molar-refractivity contribution >= 4 is 12.2 Å². The molecule has 9 heteroatoms. The Labute approximate surface area is 113 Å². The molecule has 4 atom stereocenters. The maximum atomic E-state index is 11.5. The predicted molar refractivity (Wildman–Crippen MR) is 66.8 cm³/mol. The van der Waals surface area contributed by atoms with Crippen molar-refractivity contribution < 1.29 is 20.1 Å². The summed E-state index contributed by atoms with van der Waals surface area (Å²) in [5.74, 6) is 0. The van der Waals surface area contributed by atoms with Crippen molar-refractivity contribution in [1.82, 2.24) is 9.55 Å². The number of H-pyrrole nitrogens is 1. The molecule has 8 nitrogen and oxygen atoms in total. The summed E-state index contributed by atoms with van der Waals surface area (Å²) in [5, 5.41) is 28.6. The van der Waals surface area contributed by atoms with Crippen molar-refractivity contribution in [2.24, 2.45) is 5.73 Å². The smallest absolute Gasteiger partial charge is 0.256 e. The molecule has 19 heavy (non-hydrogen) atoms. The second-order valence-electron chi connectivity index (χ2n) is 4.25. The Morgan fingerprint density at radius 2 is 2.16 bits per heavy atom. The molecule has 2 rings (SSSR count). The highest BCUT2D eigenvalue weighted by Crippen LogP contribution is 2.29. The first-order chi connectivity index (χ1) is 8.99. The Morgan fingerprint density at radius 1 is 1.47 bits per heavy atom. The van der Waals surface area contributed by atoms with Crippen LogP contribution in [0.1, 0.15) is 11.8 Å². The topological polar surface area (TPSA) is 134 Å². The van der Waals surface area contributed by atoms with Gasteiger partial charge in [0.25, 0.3) is 5.56 Å². The van der Waals surface area contributed by atoms with E-state index in [2.05, 4.69) is 4.98 Å². The zero-order valence-corrected chi connectivity index (χ0v) is 10.7. The molecule has 0 aliphatic carbocycles. The van der Waals surface area contributed by atoms with Gasteiger partial charge in [0, 0.05) is 18.3 Å². The van der Waals surface area contributed by atoms with Crippen LogP contribution in [0.4, 0.5) is 0 Å². The average molecular weight is 289 g/mol. The van der Waals surface area contributed by atoms with Gasteiger partial charge in [-0.05, 0) is 12.2 Å². The van der Waals surface area contributed by atoms with E-state index in [-0.39, 0.29) is 16.9 Å². The lowest BCUT2D eigenvalue weighted by molar-refractivity contribution is -0.0542. The largest absolute Gasteiger partial charge is 0.394 e. The Hall–Kier alpha value is -1.10. The number of nitrogens with zero attached hydrogens (tertiary/aromatic N) is 1. The number of hydrogen-bond acceptors (Lipinski definition) is 7. The minimum atomic E-state index is -1.26. The van der Waals surface area contributed by atoms with E-state index in [1.54, 1.807) is 0 Å². The van der Waals surface area contributed by atoms with E-state index in [1.165, 1.54) is 10.8 Å². The van der Waals surface area contributed by atoms with E-state index in [0.29, 0.717) is 0 Å². The van der Waals surface area contributed by atoms with Gasteiger partial charge >= 0.3 is 0 Å². The molecular weight excluding hydrogens is 274 g/mol. The van der Waals surface area contributed by atoms with Gasteiger partial charge in [-0.25, -0.2) is 0 Å². The number of aromatic nitrogens is 2. The third-order valence-corrected chi connectivity index (χ3v) is 3.37. The van der Waals surface area contributed by atoms with Crippen LogP contribution in [0.3, 0.4) is 0 Å². The molecule has 1 aromatic rings. The highest BCUT2D eigenvalue weighted by Gasteiger charge is 2.43. The molecule has 1 fully saturated rings. The molecule has 1 unspecified atom stereocenters. The normalized spacial score (nSPS) is 30.7. The molecule has 1 aliphatic heterocycles. The van der Waals surface area contributed by atoms with Gasteiger partial charge in [-0.1, -0.05) is 0 Å². The molecule has 106 valence electrons. The highest BCUT2D eigenvalue weighted by molar-refractivity contribution is 7.71. The summed E-state index contributed by atoms with van der Waals surface area (Å²) < 4.78 is 6.67. The first kappa shape index (κ1) is 14.3. The van der Waals surface area contributed by atoms with Crippen molar-refractivity contribution in [2.75, 3.05) is 6.61 Å². The zero-order chi connectivity index (χ0) is 14.2. The number of nitrogens with two attached hydrogens (primary N) is 1. The second-order valence-corrected chi connectivity index (χ2v) is 4.64. The highest BCUT2D eigenvalue weighted by atomic mass is 32.1. The van der Waals surface area contributed by atoms with Crippen molar-refractivity contribution in [3.8, 4) is 0 Å². The lowest BCUT2D eigenvalue weighted by Crippen LogP contribution is -2.33. The number of hydrogen-bond donors (Lipinski definition) is 5. The molecule has 0 amide bonds. The van der Waals surface area contributed by atoms with E-state index >= 15 is 0 Å². The van der Waals surface area contributed by atoms with Crippen LogP contribution >= 0.6 is 12.2 Å². The van der Waals surface area contributed by atoms with Gasteiger partial charge in [0.05, 0.1) is 6.61 Å². The maximum Gasteiger partial charge on any atom is 0.256 e. The van der Waals surface area contributed by atoms with Gasteiger partial charge in [0.1, 0.15) is 18.3 Å². The number of aliphatic hydroxyl groups excluding tert-OH is 3. The summed E-state index contributed by atoms with van der Waals surface area (Å²) in [4.78, 5) is 13.9. The van der Waals surface area contributed by atoms with E-state index in [4.69, 9.17) is 27.8 Å². The molecule has 0 bridgehead atoms. The maximum absolute atomic E-state index is 11.5. The van der Waals surface area contributed by atoms with Gasteiger partial charge < -0.3 is 25.8 Å². The lowest BCUT2D eigenvalue weighted by Gasteiger charge is -2.19. The van der Waals surface area contributed by atoms with E-state index in [9.17, 15) is 15.0 Å². The second kappa shape index (κ2) is 5.49. The summed E-state index contributed by atoms with van der Waals surface area (Å²) in [6, 6.07) is 0. The van der Waals surface area contributed by atoms with Gasteiger partial charge in [-0.2, -0.15) is 0 Å².